The molecule has 12 aromatic rings. The molecular weight excluding hydrogens is 777 g/mol. The predicted molar refractivity (Wildman–Crippen MR) is 255 cm³/mol. The maximum absolute atomic E-state index is 5.35. The second kappa shape index (κ2) is 14.9. The Hall–Kier alpha value is -8.13. The molecule has 4 heterocycles. The molecule has 0 saturated heterocycles. The van der Waals surface area contributed by atoms with Crippen LogP contribution in [0.5, 0.6) is 0 Å². The van der Waals surface area contributed by atoms with Crippen LogP contribution in [0.2, 0.25) is 0 Å². The number of thiophene rings is 1. The lowest BCUT2D eigenvalue weighted by molar-refractivity contribution is 1.07. The number of aromatic nitrogens is 6. The zero-order valence-corrected chi connectivity index (χ0v) is 34.0. The molecule has 0 unspecified atom stereocenters. The number of para-hydroxylation sites is 2. The predicted octanol–water partition coefficient (Wildman–Crippen LogP) is 14.1. The van der Waals surface area contributed by atoms with Gasteiger partial charge in [0.05, 0.1) is 26.9 Å². The molecule has 0 saturated carbocycles. The van der Waals surface area contributed by atoms with Crippen LogP contribution in [-0.4, -0.2) is 29.5 Å². The highest BCUT2D eigenvalue weighted by Crippen LogP contribution is 2.42. The van der Waals surface area contributed by atoms with Crippen molar-refractivity contribution in [1.82, 2.24) is 29.5 Å². The first-order valence-corrected chi connectivity index (χ1v) is 21.4. The summed E-state index contributed by atoms with van der Waals surface area (Å²) in [5.74, 6) is 2.39. The number of nitrogens with zero attached hydrogens (tertiary/aromatic N) is 6. The Morgan fingerprint density at radius 2 is 0.887 bits per heavy atom. The second-order valence-electron chi connectivity index (χ2n) is 15.3. The van der Waals surface area contributed by atoms with Gasteiger partial charge in [0.2, 0.25) is 0 Å². The Labute approximate surface area is 361 Å². The fourth-order valence-electron chi connectivity index (χ4n) is 8.56. The molecule has 12 rings (SSSR count). The topological polar surface area (TPSA) is 69.4 Å². The van der Waals surface area contributed by atoms with E-state index in [1.807, 2.05) is 66.7 Å². The third kappa shape index (κ3) is 6.14. The molecule has 62 heavy (non-hydrogen) atoms. The van der Waals surface area contributed by atoms with Crippen molar-refractivity contribution in [1.29, 1.82) is 0 Å². The Bertz CT molecular complexity index is 3560. The van der Waals surface area contributed by atoms with Crippen LogP contribution in [0.3, 0.4) is 0 Å². The van der Waals surface area contributed by atoms with Gasteiger partial charge in [-0.15, -0.1) is 11.3 Å². The minimum Gasteiger partial charge on any atom is -0.309 e. The van der Waals surface area contributed by atoms with Crippen LogP contribution in [0.25, 0.3) is 116 Å². The maximum atomic E-state index is 5.35. The second-order valence-corrected chi connectivity index (χ2v) is 16.3. The maximum Gasteiger partial charge on any atom is 0.164 e. The van der Waals surface area contributed by atoms with E-state index in [9.17, 15) is 0 Å². The van der Waals surface area contributed by atoms with Crippen LogP contribution in [0.15, 0.2) is 206 Å². The van der Waals surface area contributed by atoms with Crippen LogP contribution < -0.4 is 0 Å². The van der Waals surface area contributed by atoms with E-state index in [1.54, 1.807) is 11.3 Å². The molecule has 0 aliphatic rings. The molecule has 0 aliphatic carbocycles. The summed E-state index contributed by atoms with van der Waals surface area (Å²) in [6, 6.07) is 71.5. The van der Waals surface area contributed by atoms with Crippen molar-refractivity contribution in [3.8, 4) is 73.6 Å². The van der Waals surface area contributed by atoms with Crippen molar-refractivity contribution in [2.45, 2.75) is 0 Å². The molecule has 0 bridgehead atoms. The van der Waals surface area contributed by atoms with Gasteiger partial charge in [-0.1, -0.05) is 164 Å². The number of rotatable bonds is 7. The van der Waals surface area contributed by atoms with E-state index >= 15 is 0 Å². The first kappa shape index (κ1) is 35.8. The molecular formula is C55H34N6S. The first-order chi connectivity index (χ1) is 30.7. The molecule has 0 N–H and O–H groups in total. The highest BCUT2D eigenvalue weighted by Gasteiger charge is 2.21. The van der Waals surface area contributed by atoms with E-state index in [4.69, 9.17) is 24.9 Å². The molecule has 0 fully saturated rings. The minimum absolute atomic E-state index is 0.562. The van der Waals surface area contributed by atoms with E-state index in [2.05, 4.69) is 144 Å². The normalized spacial score (nSPS) is 11.5. The SMILES string of the molecule is c1ccc(-c2nc(-c3ccccc3)nc(-c3cc(-c4nc(-c5ccccc5)c5sc6ccccc6c5n4)ccc3-c3ccc4c(c3)c3ccccc3n4-c3ccccc3)n2)cc1. The van der Waals surface area contributed by atoms with Crippen LogP contribution in [0, 0.1) is 0 Å². The zero-order valence-electron chi connectivity index (χ0n) is 33.2. The van der Waals surface area contributed by atoms with Crippen molar-refractivity contribution in [3.63, 3.8) is 0 Å². The van der Waals surface area contributed by atoms with Gasteiger partial charge in [-0.05, 0) is 53.6 Å². The van der Waals surface area contributed by atoms with Crippen molar-refractivity contribution < 1.29 is 0 Å². The third-order valence-electron chi connectivity index (χ3n) is 11.5. The summed E-state index contributed by atoms with van der Waals surface area (Å²) in [7, 11) is 0. The molecule has 0 radical (unpaired) electrons. The fourth-order valence-corrected chi connectivity index (χ4v) is 9.71. The summed E-state index contributed by atoms with van der Waals surface area (Å²) >= 11 is 1.73. The lowest BCUT2D eigenvalue weighted by Gasteiger charge is -2.15. The highest BCUT2D eigenvalue weighted by molar-refractivity contribution is 7.26. The highest BCUT2D eigenvalue weighted by atomic mass is 32.1. The molecule has 7 heteroatoms. The number of benzene rings is 8. The summed E-state index contributed by atoms with van der Waals surface area (Å²) in [6.07, 6.45) is 0. The standard InChI is InChI=1S/C55H34N6S/c1-5-17-35(18-6-1)49-51-50(43-26-14-16-28-48(43)62-51)57-54(56-49)39-29-31-41(38-30-32-47-44(33-38)42-25-13-15-27-46(42)61(47)40-23-11-4-12-24-40)45(34-39)55-59-52(36-19-7-2-8-20-36)58-53(60-55)37-21-9-3-10-22-37/h1-34H. The van der Waals surface area contributed by atoms with Gasteiger partial charge in [0, 0.05) is 54.4 Å². The first-order valence-electron chi connectivity index (χ1n) is 20.6. The van der Waals surface area contributed by atoms with Crippen LogP contribution in [-0.2, 0) is 0 Å². The smallest absolute Gasteiger partial charge is 0.164 e. The van der Waals surface area contributed by atoms with E-state index in [0.29, 0.717) is 23.3 Å². The molecule has 0 spiro atoms. The van der Waals surface area contributed by atoms with Crippen molar-refractivity contribution in [2.75, 3.05) is 0 Å². The number of hydrogen-bond donors (Lipinski definition) is 0. The van der Waals surface area contributed by atoms with Gasteiger partial charge in [-0.25, -0.2) is 24.9 Å². The average molecular weight is 811 g/mol. The van der Waals surface area contributed by atoms with E-state index in [-0.39, 0.29) is 0 Å². The molecule has 8 aromatic carbocycles. The Balaban J connectivity index is 1.13. The summed E-state index contributed by atoms with van der Waals surface area (Å²) in [4.78, 5) is 26.3. The lowest BCUT2D eigenvalue weighted by atomic mass is 9.95. The van der Waals surface area contributed by atoms with Crippen molar-refractivity contribution in [3.05, 3.63) is 206 Å². The molecule has 0 amide bonds. The van der Waals surface area contributed by atoms with Gasteiger partial charge in [0.15, 0.2) is 23.3 Å². The van der Waals surface area contributed by atoms with Crippen molar-refractivity contribution >= 4 is 53.4 Å². The Kier molecular flexibility index (Phi) is 8.57. The molecule has 0 atom stereocenters. The van der Waals surface area contributed by atoms with Gasteiger partial charge >= 0.3 is 0 Å². The van der Waals surface area contributed by atoms with Gasteiger partial charge < -0.3 is 4.57 Å². The van der Waals surface area contributed by atoms with Gasteiger partial charge in [0.1, 0.15) is 0 Å². The van der Waals surface area contributed by atoms with E-state index in [1.165, 1.54) is 10.1 Å². The van der Waals surface area contributed by atoms with Gasteiger partial charge in [0.25, 0.3) is 0 Å². The third-order valence-corrected chi connectivity index (χ3v) is 12.6. The van der Waals surface area contributed by atoms with Crippen LogP contribution >= 0.6 is 11.3 Å². The van der Waals surface area contributed by atoms with Crippen LogP contribution in [0.1, 0.15) is 0 Å². The number of fused-ring (bicyclic) bond motifs is 6. The Morgan fingerprint density at radius 3 is 1.60 bits per heavy atom. The Morgan fingerprint density at radius 1 is 0.339 bits per heavy atom. The van der Waals surface area contributed by atoms with E-state index in [0.717, 1.165) is 82.3 Å². The largest absolute Gasteiger partial charge is 0.309 e. The monoisotopic (exact) mass is 810 g/mol. The van der Waals surface area contributed by atoms with Gasteiger partial charge in [-0.2, -0.15) is 0 Å². The fraction of sp³-hybridized carbons (Fsp3) is 0. The quantitative estimate of drug-likeness (QED) is 0.160. The van der Waals surface area contributed by atoms with Crippen LogP contribution in [0.4, 0.5) is 0 Å². The summed E-state index contributed by atoms with van der Waals surface area (Å²) < 4.78 is 4.59. The van der Waals surface area contributed by atoms with Crippen molar-refractivity contribution in [2.24, 2.45) is 0 Å². The summed E-state index contributed by atoms with van der Waals surface area (Å²) in [5.41, 5.74) is 11.9. The zero-order chi connectivity index (χ0) is 41.0. The molecule has 6 nitrogen and oxygen atoms in total. The minimum atomic E-state index is 0.562. The summed E-state index contributed by atoms with van der Waals surface area (Å²) in [6.45, 7) is 0. The lowest BCUT2D eigenvalue weighted by Crippen LogP contribution is -2.02. The van der Waals surface area contributed by atoms with E-state index < -0.39 is 0 Å². The summed E-state index contributed by atoms with van der Waals surface area (Å²) in [5, 5.41) is 3.46. The molecule has 0 aliphatic heterocycles. The average Bonchev–Trinajstić information content (AvgIpc) is 3.90. The number of hydrogen-bond acceptors (Lipinski definition) is 6. The molecule has 4 aromatic heterocycles. The molecule has 290 valence electrons. The van der Waals surface area contributed by atoms with Gasteiger partial charge in [-0.3, -0.25) is 0 Å².